The number of rotatable bonds is 6. The number of nitrogens with zero attached hydrogens (tertiary/aromatic N) is 2. The smallest absolute Gasteiger partial charge is 0.227 e. The lowest BCUT2D eigenvalue weighted by molar-refractivity contribution is 0.622. The fourth-order valence-electron chi connectivity index (χ4n) is 6.41. The second kappa shape index (κ2) is 11.2. The van der Waals surface area contributed by atoms with Gasteiger partial charge in [0.2, 0.25) is 5.89 Å². The van der Waals surface area contributed by atoms with E-state index in [0.717, 1.165) is 61.2 Å². The minimum atomic E-state index is 0.601. The zero-order valence-corrected chi connectivity index (χ0v) is 25.4. The topological polar surface area (TPSA) is 42.4 Å². The van der Waals surface area contributed by atoms with Gasteiger partial charge in [-0.3, -0.25) is 0 Å². The summed E-state index contributed by atoms with van der Waals surface area (Å²) in [6, 6.07) is 58.7. The summed E-state index contributed by atoms with van der Waals surface area (Å²) in [7, 11) is 0. The van der Waals surface area contributed by atoms with Gasteiger partial charge in [-0.2, -0.15) is 0 Å². The van der Waals surface area contributed by atoms with E-state index in [2.05, 4.69) is 120 Å². The number of anilines is 3. The van der Waals surface area contributed by atoms with E-state index in [1.165, 1.54) is 16.7 Å². The minimum Gasteiger partial charge on any atom is -0.456 e. The largest absolute Gasteiger partial charge is 0.456 e. The number of furan rings is 1. The molecule has 7 aromatic carbocycles. The third-order valence-corrected chi connectivity index (χ3v) is 8.70. The molecule has 0 bridgehead atoms. The molecule has 0 aliphatic rings. The summed E-state index contributed by atoms with van der Waals surface area (Å²) in [5.74, 6) is 0.601. The summed E-state index contributed by atoms with van der Waals surface area (Å²) in [6.07, 6.45) is 0. The van der Waals surface area contributed by atoms with Gasteiger partial charge < -0.3 is 13.7 Å². The number of fused-ring (bicyclic) bond motifs is 5. The Morgan fingerprint density at radius 3 is 1.74 bits per heavy atom. The standard InChI is InChI=1S/C43H28N2O2/c1-4-11-29(12-5-1)30-19-21-31(22-20-30)33-15-10-18-35(27-33)45(34-16-8-3-9-17-34)36-23-24-37-40(28-36)46-39-26-25-38-42(41(37)39)47-43(44-38)32-13-6-2-7-14-32/h1-28H. The van der Waals surface area contributed by atoms with E-state index in [4.69, 9.17) is 13.8 Å². The summed E-state index contributed by atoms with van der Waals surface area (Å²) >= 11 is 0. The molecule has 0 fully saturated rings. The first-order valence-electron chi connectivity index (χ1n) is 15.7. The van der Waals surface area contributed by atoms with Gasteiger partial charge in [0.25, 0.3) is 0 Å². The van der Waals surface area contributed by atoms with Gasteiger partial charge in [0.05, 0.1) is 5.39 Å². The summed E-state index contributed by atoms with van der Waals surface area (Å²) < 4.78 is 12.8. The molecule has 0 saturated carbocycles. The highest BCUT2D eigenvalue weighted by molar-refractivity contribution is 6.16. The van der Waals surface area contributed by atoms with Crippen LogP contribution in [0.4, 0.5) is 17.1 Å². The van der Waals surface area contributed by atoms with Crippen LogP contribution in [0.5, 0.6) is 0 Å². The number of para-hydroxylation sites is 1. The molecule has 0 unspecified atom stereocenters. The minimum absolute atomic E-state index is 0.601. The molecule has 9 aromatic rings. The first kappa shape index (κ1) is 27.0. The van der Waals surface area contributed by atoms with Crippen molar-refractivity contribution in [2.24, 2.45) is 0 Å². The maximum Gasteiger partial charge on any atom is 0.227 e. The van der Waals surface area contributed by atoms with Crippen molar-refractivity contribution in [3.05, 3.63) is 170 Å². The van der Waals surface area contributed by atoms with E-state index < -0.39 is 0 Å². The molecule has 9 rings (SSSR count). The van der Waals surface area contributed by atoms with Crippen molar-refractivity contribution in [2.75, 3.05) is 4.90 Å². The van der Waals surface area contributed by atoms with Gasteiger partial charge in [-0.15, -0.1) is 0 Å². The number of oxazole rings is 1. The van der Waals surface area contributed by atoms with Crippen LogP contribution in [-0.2, 0) is 0 Å². The average molecular weight is 605 g/mol. The van der Waals surface area contributed by atoms with Crippen molar-refractivity contribution in [2.45, 2.75) is 0 Å². The lowest BCUT2D eigenvalue weighted by Crippen LogP contribution is -2.09. The molecule has 0 spiro atoms. The molecule has 0 saturated heterocycles. The third-order valence-electron chi connectivity index (χ3n) is 8.70. The maximum atomic E-state index is 6.46. The molecule has 4 nitrogen and oxygen atoms in total. The van der Waals surface area contributed by atoms with Crippen LogP contribution < -0.4 is 4.90 Å². The molecule has 0 aliphatic carbocycles. The Labute approximate surface area is 271 Å². The van der Waals surface area contributed by atoms with Crippen molar-refractivity contribution in [1.82, 2.24) is 4.98 Å². The Morgan fingerprint density at radius 1 is 0.404 bits per heavy atom. The zero-order valence-electron chi connectivity index (χ0n) is 25.4. The molecule has 0 radical (unpaired) electrons. The summed E-state index contributed by atoms with van der Waals surface area (Å²) in [5.41, 5.74) is 11.9. The molecular formula is C43H28N2O2. The highest BCUT2D eigenvalue weighted by Gasteiger charge is 2.19. The monoisotopic (exact) mass is 604 g/mol. The molecule has 0 N–H and O–H groups in total. The third kappa shape index (κ3) is 4.84. The number of hydrogen-bond donors (Lipinski definition) is 0. The van der Waals surface area contributed by atoms with E-state index >= 15 is 0 Å². The van der Waals surface area contributed by atoms with E-state index in [-0.39, 0.29) is 0 Å². The Balaban J connectivity index is 1.13. The van der Waals surface area contributed by atoms with Gasteiger partial charge in [0.1, 0.15) is 16.7 Å². The number of hydrogen-bond acceptors (Lipinski definition) is 4. The van der Waals surface area contributed by atoms with Gasteiger partial charge in [-0.05, 0) is 82.9 Å². The summed E-state index contributed by atoms with van der Waals surface area (Å²) in [5, 5.41) is 1.93. The van der Waals surface area contributed by atoms with Crippen LogP contribution in [0.1, 0.15) is 0 Å². The van der Waals surface area contributed by atoms with Crippen molar-refractivity contribution < 1.29 is 8.83 Å². The Morgan fingerprint density at radius 2 is 1.00 bits per heavy atom. The molecule has 0 aliphatic heterocycles. The molecular weight excluding hydrogens is 576 g/mol. The summed E-state index contributed by atoms with van der Waals surface area (Å²) in [6.45, 7) is 0. The van der Waals surface area contributed by atoms with E-state index in [0.29, 0.717) is 5.89 Å². The summed E-state index contributed by atoms with van der Waals surface area (Å²) in [4.78, 5) is 7.05. The zero-order chi connectivity index (χ0) is 31.2. The predicted molar refractivity (Wildman–Crippen MR) is 192 cm³/mol. The molecule has 222 valence electrons. The molecule has 2 aromatic heterocycles. The predicted octanol–water partition coefficient (Wildman–Crippen LogP) is 12.2. The van der Waals surface area contributed by atoms with Crippen molar-refractivity contribution in [3.63, 3.8) is 0 Å². The SMILES string of the molecule is c1ccc(-c2ccc(-c3cccc(N(c4ccccc4)c4ccc5c(c4)oc4ccc6nc(-c7ccccc7)oc6c45)c3)cc2)cc1. The second-order valence-electron chi connectivity index (χ2n) is 11.6. The first-order valence-corrected chi connectivity index (χ1v) is 15.7. The quantitative estimate of drug-likeness (QED) is 0.189. The average Bonchev–Trinajstić information content (AvgIpc) is 3.75. The molecule has 47 heavy (non-hydrogen) atoms. The molecule has 0 atom stereocenters. The van der Waals surface area contributed by atoms with Crippen LogP contribution in [0.3, 0.4) is 0 Å². The van der Waals surface area contributed by atoms with Crippen LogP contribution in [0, 0.1) is 0 Å². The fraction of sp³-hybridized carbons (Fsp3) is 0. The Kier molecular flexibility index (Phi) is 6.43. The van der Waals surface area contributed by atoms with Crippen molar-refractivity contribution in [1.29, 1.82) is 0 Å². The second-order valence-corrected chi connectivity index (χ2v) is 11.6. The van der Waals surface area contributed by atoms with Crippen LogP contribution in [0.15, 0.2) is 179 Å². The van der Waals surface area contributed by atoms with Crippen LogP contribution in [0.25, 0.3) is 66.7 Å². The van der Waals surface area contributed by atoms with Crippen LogP contribution >= 0.6 is 0 Å². The molecule has 0 amide bonds. The Bertz CT molecular complexity index is 2500. The number of aromatic nitrogens is 1. The van der Waals surface area contributed by atoms with E-state index in [1.807, 2.05) is 54.6 Å². The van der Waals surface area contributed by atoms with Gasteiger partial charge >= 0.3 is 0 Å². The van der Waals surface area contributed by atoms with Crippen LogP contribution in [0.2, 0.25) is 0 Å². The van der Waals surface area contributed by atoms with Crippen LogP contribution in [-0.4, -0.2) is 4.98 Å². The van der Waals surface area contributed by atoms with Crippen molar-refractivity contribution >= 4 is 50.1 Å². The number of benzene rings is 7. The van der Waals surface area contributed by atoms with Gasteiger partial charge in [-0.1, -0.05) is 103 Å². The Hall–Kier alpha value is -6.39. The van der Waals surface area contributed by atoms with Gasteiger partial charge in [0, 0.05) is 34.1 Å². The maximum absolute atomic E-state index is 6.46. The fourth-order valence-corrected chi connectivity index (χ4v) is 6.41. The van der Waals surface area contributed by atoms with Crippen molar-refractivity contribution in [3.8, 4) is 33.7 Å². The van der Waals surface area contributed by atoms with E-state index in [9.17, 15) is 0 Å². The highest BCUT2D eigenvalue weighted by atomic mass is 16.4. The highest BCUT2D eigenvalue weighted by Crippen LogP contribution is 2.41. The van der Waals surface area contributed by atoms with E-state index in [1.54, 1.807) is 0 Å². The lowest BCUT2D eigenvalue weighted by atomic mass is 10.00. The van der Waals surface area contributed by atoms with Gasteiger partial charge in [0.15, 0.2) is 5.58 Å². The lowest BCUT2D eigenvalue weighted by Gasteiger charge is -2.26. The van der Waals surface area contributed by atoms with Gasteiger partial charge in [-0.25, -0.2) is 4.98 Å². The molecule has 4 heteroatoms. The molecule has 2 heterocycles. The first-order chi connectivity index (χ1) is 23.3. The normalized spacial score (nSPS) is 11.4.